The maximum atomic E-state index is 5.97. The van der Waals surface area contributed by atoms with Gasteiger partial charge in [-0.1, -0.05) is 32.5 Å². The monoisotopic (exact) mass is 250 g/mol. The van der Waals surface area contributed by atoms with E-state index in [9.17, 15) is 0 Å². The van der Waals surface area contributed by atoms with Crippen LogP contribution in [0.25, 0.3) is 0 Å². The van der Waals surface area contributed by atoms with Crippen molar-refractivity contribution in [3.8, 4) is 12.3 Å². The molecule has 1 unspecified atom stereocenters. The third-order valence-electron chi connectivity index (χ3n) is 3.02. The first-order chi connectivity index (χ1) is 7.83. The van der Waals surface area contributed by atoms with Crippen LogP contribution in [-0.4, -0.2) is 14.7 Å². The predicted octanol–water partition coefficient (Wildman–Crippen LogP) is 3.10. The summed E-state index contributed by atoms with van der Waals surface area (Å²) in [7, 11) is -1.40. The zero-order valence-electron chi connectivity index (χ0n) is 11.5. The molecule has 1 aromatic rings. The molecule has 0 aliphatic heterocycles. The summed E-state index contributed by atoms with van der Waals surface area (Å²) < 4.78 is 11.7. The highest BCUT2D eigenvalue weighted by molar-refractivity contribution is 6.87. The molecule has 0 N–H and O–H groups in total. The molecule has 94 valence electrons. The van der Waals surface area contributed by atoms with Crippen LogP contribution in [0, 0.1) is 12.3 Å². The minimum atomic E-state index is -1.40. The van der Waals surface area contributed by atoms with Gasteiger partial charge in [0.05, 0.1) is 5.38 Å². The summed E-state index contributed by atoms with van der Waals surface area (Å²) in [6, 6.07) is 4.10. The Kier molecular flexibility index (Phi) is 4.24. The van der Waals surface area contributed by atoms with Gasteiger partial charge in [0, 0.05) is 0 Å². The molecule has 0 bridgehead atoms. The molecule has 0 spiro atoms. The Morgan fingerprint density at radius 3 is 2.47 bits per heavy atom. The van der Waals surface area contributed by atoms with E-state index in [-0.39, 0.29) is 0 Å². The Morgan fingerprint density at radius 1 is 1.41 bits per heavy atom. The summed E-state index contributed by atoms with van der Waals surface area (Å²) in [5.41, 5.74) is -0.412. The average molecular weight is 250 g/mol. The first-order valence-electron chi connectivity index (χ1n) is 6.01. The second-order valence-electron chi connectivity index (χ2n) is 5.49. The fraction of sp³-hybridized carbons (Fsp3) is 0.571. The largest absolute Gasteiger partial charge is 0.468 e. The molecule has 0 aromatic carbocycles. The standard InChI is InChI=1S/C14H22O2Si/c1-7-11-15-14(3,8-2)12-9-10-13(16-12)17(4,5)6/h1,9-10H,8,11H2,2-6H3. The van der Waals surface area contributed by atoms with E-state index in [1.54, 1.807) is 0 Å². The highest BCUT2D eigenvalue weighted by atomic mass is 28.3. The lowest BCUT2D eigenvalue weighted by atomic mass is 10.0. The van der Waals surface area contributed by atoms with Gasteiger partial charge in [0.25, 0.3) is 0 Å². The minimum Gasteiger partial charge on any atom is -0.468 e. The first-order valence-corrected chi connectivity index (χ1v) is 9.51. The SMILES string of the molecule is C#CCOC(C)(CC)c1ccc([Si](C)(C)C)o1. The number of furan rings is 1. The van der Waals surface area contributed by atoms with E-state index >= 15 is 0 Å². The molecular formula is C14H22O2Si. The van der Waals surface area contributed by atoms with E-state index in [1.165, 1.54) is 0 Å². The van der Waals surface area contributed by atoms with Crippen LogP contribution >= 0.6 is 0 Å². The number of ether oxygens (including phenoxy) is 1. The van der Waals surface area contributed by atoms with Crippen LogP contribution in [0.4, 0.5) is 0 Å². The Morgan fingerprint density at radius 2 is 2.06 bits per heavy atom. The van der Waals surface area contributed by atoms with Gasteiger partial charge in [0.2, 0.25) is 0 Å². The van der Waals surface area contributed by atoms with Gasteiger partial charge in [-0.15, -0.1) is 6.42 Å². The molecule has 0 fully saturated rings. The molecule has 0 saturated heterocycles. The van der Waals surface area contributed by atoms with Crippen molar-refractivity contribution in [2.24, 2.45) is 0 Å². The molecule has 1 rings (SSSR count). The third kappa shape index (κ3) is 3.24. The second kappa shape index (κ2) is 5.12. The molecular weight excluding hydrogens is 228 g/mol. The van der Waals surface area contributed by atoms with Crippen molar-refractivity contribution in [2.75, 3.05) is 6.61 Å². The zero-order chi connectivity index (χ0) is 13.1. The van der Waals surface area contributed by atoms with Gasteiger partial charge >= 0.3 is 0 Å². The highest BCUT2D eigenvalue weighted by Crippen LogP contribution is 2.29. The van der Waals surface area contributed by atoms with Crippen molar-refractivity contribution in [1.82, 2.24) is 0 Å². The van der Waals surface area contributed by atoms with Crippen molar-refractivity contribution in [2.45, 2.75) is 45.5 Å². The van der Waals surface area contributed by atoms with E-state index in [1.807, 2.05) is 13.0 Å². The molecule has 0 saturated carbocycles. The van der Waals surface area contributed by atoms with Crippen LogP contribution in [0.2, 0.25) is 19.6 Å². The zero-order valence-corrected chi connectivity index (χ0v) is 12.5. The van der Waals surface area contributed by atoms with Crippen LogP contribution in [0.1, 0.15) is 26.0 Å². The molecule has 1 heterocycles. The van der Waals surface area contributed by atoms with Gasteiger partial charge in [-0.05, 0) is 25.5 Å². The van der Waals surface area contributed by atoms with E-state index in [0.29, 0.717) is 6.61 Å². The van der Waals surface area contributed by atoms with Crippen LogP contribution < -0.4 is 5.38 Å². The molecule has 1 atom stereocenters. The van der Waals surface area contributed by atoms with Crippen molar-refractivity contribution in [1.29, 1.82) is 0 Å². The van der Waals surface area contributed by atoms with Crippen LogP contribution in [0.3, 0.4) is 0 Å². The molecule has 0 aliphatic rings. The molecule has 0 radical (unpaired) electrons. The third-order valence-corrected chi connectivity index (χ3v) is 4.76. The Bertz CT molecular complexity index is 409. The van der Waals surface area contributed by atoms with Crippen molar-refractivity contribution >= 4 is 13.5 Å². The van der Waals surface area contributed by atoms with Gasteiger partial charge in [-0.25, -0.2) is 0 Å². The summed E-state index contributed by atoms with van der Waals surface area (Å²) in [5.74, 6) is 3.39. The molecule has 3 heteroatoms. The summed E-state index contributed by atoms with van der Waals surface area (Å²) >= 11 is 0. The predicted molar refractivity (Wildman–Crippen MR) is 74.1 cm³/mol. The fourth-order valence-electron chi connectivity index (χ4n) is 1.57. The molecule has 0 aliphatic carbocycles. The van der Waals surface area contributed by atoms with Gasteiger partial charge in [-0.2, -0.15) is 0 Å². The van der Waals surface area contributed by atoms with E-state index in [4.69, 9.17) is 15.6 Å². The Hall–Kier alpha value is -0.983. The smallest absolute Gasteiger partial charge is 0.135 e. The summed E-state index contributed by atoms with van der Waals surface area (Å²) in [6.07, 6.45) is 6.08. The van der Waals surface area contributed by atoms with Gasteiger partial charge < -0.3 is 9.15 Å². The highest BCUT2D eigenvalue weighted by Gasteiger charge is 2.31. The summed E-state index contributed by atoms with van der Waals surface area (Å²) in [4.78, 5) is 0. The maximum absolute atomic E-state index is 5.97. The lowest BCUT2D eigenvalue weighted by Gasteiger charge is -2.25. The van der Waals surface area contributed by atoms with Gasteiger partial charge in [-0.3, -0.25) is 0 Å². The number of terminal acetylenes is 1. The Balaban J connectivity index is 2.98. The summed E-state index contributed by atoms with van der Waals surface area (Å²) in [6.45, 7) is 11.2. The van der Waals surface area contributed by atoms with Crippen LogP contribution in [0.5, 0.6) is 0 Å². The normalized spacial score (nSPS) is 15.3. The van der Waals surface area contributed by atoms with Crippen LogP contribution in [0.15, 0.2) is 16.5 Å². The molecule has 0 amide bonds. The van der Waals surface area contributed by atoms with Crippen LogP contribution in [-0.2, 0) is 10.3 Å². The van der Waals surface area contributed by atoms with E-state index in [2.05, 4.69) is 38.6 Å². The number of rotatable bonds is 5. The topological polar surface area (TPSA) is 22.4 Å². The number of hydrogen-bond acceptors (Lipinski definition) is 2. The summed E-state index contributed by atoms with van der Waals surface area (Å²) in [5, 5.41) is 1.11. The first kappa shape index (κ1) is 14.1. The second-order valence-corrected chi connectivity index (χ2v) is 10.5. The maximum Gasteiger partial charge on any atom is 0.135 e. The van der Waals surface area contributed by atoms with Gasteiger partial charge in [0.1, 0.15) is 26.0 Å². The molecule has 17 heavy (non-hydrogen) atoms. The van der Waals surface area contributed by atoms with E-state index < -0.39 is 13.7 Å². The van der Waals surface area contributed by atoms with Crippen molar-refractivity contribution < 1.29 is 9.15 Å². The number of hydrogen-bond donors (Lipinski definition) is 0. The Labute approximate surface area is 105 Å². The minimum absolute atomic E-state index is 0.313. The molecule has 2 nitrogen and oxygen atoms in total. The van der Waals surface area contributed by atoms with Crippen molar-refractivity contribution in [3.63, 3.8) is 0 Å². The quantitative estimate of drug-likeness (QED) is 0.592. The molecule has 1 aromatic heterocycles. The average Bonchev–Trinajstić information content (AvgIpc) is 2.75. The lowest BCUT2D eigenvalue weighted by molar-refractivity contribution is -0.0363. The fourth-order valence-corrected chi connectivity index (χ4v) is 2.57. The van der Waals surface area contributed by atoms with Gasteiger partial charge in [0.15, 0.2) is 0 Å². The van der Waals surface area contributed by atoms with E-state index in [0.717, 1.165) is 17.6 Å². The lowest BCUT2D eigenvalue weighted by Crippen LogP contribution is -2.36. The van der Waals surface area contributed by atoms with Crippen molar-refractivity contribution in [3.05, 3.63) is 17.9 Å².